The van der Waals surface area contributed by atoms with E-state index in [2.05, 4.69) is 15.6 Å². The summed E-state index contributed by atoms with van der Waals surface area (Å²) in [6, 6.07) is 7.00. The van der Waals surface area contributed by atoms with Crippen LogP contribution >= 0.6 is 11.6 Å². The Hall–Kier alpha value is -2.38. The molecule has 0 atom stereocenters. The number of hydrogen-bond acceptors (Lipinski definition) is 4. The van der Waals surface area contributed by atoms with Gasteiger partial charge in [-0.05, 0) is 31.4 Å². The van der Waals surface area contributed by atoms with Crippen molar-refractivity contribution in [2.45, 2.75) is 25.8 Å². The van der Waals surface area contributed by atoms with E-state index in [9.17, 15) is 9.59 Å². The molecule has 0 bridgehead atoms. The van der Waals surface area contributed by atoms with Crippen LogP contribution in [-0.4, -0.2) is 41.6 Å². The average molecular weight is 377 g/mol. The largest absolute Gasteiger partial charge is 0.383 e. The van der Waals surface area contributed by atoms with Crippen molar-refractivity contribution in [3.05, 3.63) is 46.5 Å². The van der Waals surface area contributed by atoms with Crippen LogP contribution in [0.2, 0.25) is 5.02 Å². The van der Waals surface area contributed by atoms with E-state index in [1.165, 1.54) is 0 Å². The van der Waals surface area contributed by atoms with Gasteiger partial charge in [-0.1, -0.05) is 23.7 Å². The highest BCUT2D eigenvalue weighted by molar-refractivity contribution is 6.33. The Bertz CT molecular complexity index is 819. The average Bonchev–Trinajstić information content (AvgIpc) is 3.04. The second-order valence-electron chi connectivity index (χ2n) is 6.02. The fourth-order valence-electron chi connectivity index (χ4n) is 2.99. The molecule has 1 aromatic carbocycles. The standard InChI is InChI=1S/C18H21ClN4O3/c1-26-11-9-20-17(24)15-14-8-4-5-10-23(14)16(22-15)18(25)21-13-7-3-2-6-12(13)19/h2-3,6-7H,4-5,8-11H2,1H3,(H,20,24)(H,21,25). The minimum absolute atomic E-state index is 0.233. The number of ether oxygens (including phenoxy) is 1. The van der Waals surface area contributed by atoms with Gasteiger partial charge in [0.2, 0.25) is 0 Å². The van der Waals surface area contributed by atoms with E-state index < -0.39 is 0 Å². The number of halogens is 1. The first kappa shape index (κ1) is 18.4. The first-order valence-electron chi connectivity index (χ1n) is 8.54. The second kappa shape index (κ2) is 8.33. The summed E-state index contributed by atoms with van der Waals surface area (Å²) in [5, 5.41) is 5.99. The Kier molecular flexibility index (Phi) is 5.90. The van der Waals surface area contributed by atoms with Crippen molar-refractivity contribution in [3.8, 4) is 0 Å². The first-order valence-corrected chi connectivity index (χ1v) is 8.92. The number of para-hydroxylation sites is 1. The molecule has 3 rings (SSSR count). The fourth-order valence-corrected chi connectivity index (χ4v) is 3.17. The Morgan fingerprint density at radius 3 is 2.85 bits per heavy atom. The van der Waals surface area contributed by atoms with Crippen LogP contribution in [0.1, 0.15) is 39.6 Å². The van der Waals surface area contributed by atoms with Gasteiger partial charge in [0.05, 0.1) is 23.0 Å². The summed E-state index contributed by atoms with van der Waals surface area (Å²) < 4.78 is 6.78. The fraction of sp³-hybridized carbons (Fsp3) is 0.389. The molecular weight excluding hydrogens is 356 g/mol. The van der Waals surface area contributed by atoms with E-state index >= 15 is 0 Å². The number of fused-ring (bicyclic) bond motifs is 1. The Balaban J connectivity index is 1.86. The quantitative estimate of drug-likeness (QED) is 0.758. The van der Waals surface area contributed by atoms with Crippen molar-refractivity contribution in [1.82, 2.24) is 14.9 Å². The molecule has 0 fully saturated rings. The molecule has 1 aromatic heterocycles. The molecule has 26 heavy (non-hydrogen) atoms. The molecule has 0 aliphatic carbocycles. The number of carbonyl (C=O) groups excluding carboxylic acids is 2. The summed E-state index contributed by atoms with van der Waals surface area (Å²) in [5.41, 5.74) is 1.62. The van der Waals surface area contributed by atoms with Gasteiger partial charge in [0.15, 0.2) is 5.82 Å². The van der Waals surface area contributed by atoms with Gasteiger partial charge in [-0.2, -0.15) is 0 Å². The van der Waals surface area contributed by atoms with Crippen molar-refractivity contribution < 1.29 is 14.3 Å². The van der Waals surface area contributed by atoms with Gasteiger partial charge in [-0.3, -0.25) is 9.59 Å². The van der Waals surface area contributed by atoms with E-state index in [0.29, 0.717) is 36.1 Å². The van der Waals surface area contributed by atoms with Crippen LogP contribution in [-0.2, 0) is 17.7 Å². The second-order valence-corrected chi connectivity index (χ2v) is 6.43. The predicted octanol–water partition coefficient (Wildman–Crippen LogP) is 2.50. The van der Waals surface area contributed by atoms with Crippen molar-refractivity contribution in [2.75, 3.05) is 25.6 Å². The van der Waals surface area contributed by atoms with Crippen LogP contribution in [0.5, 0.6) is 0 Å². The zero-order valence-electron chi connectivity index (χ0n) is 14.5. The number of aromatic nitrogens is 2. The van der Waals surface area contributed by atoms with Crippen molar-refractivity contribution in [1.29, 1.82) is 0 Å². The maximum Gasteiger partial charge on any atom is 0.291 e. The number of rotatable bonds is 6. The van der Waals surface area contributed by atoms with Gasteiger partial charge in [0.25, 0.3) is 11.8 Å². The summed E-state index contributed by atoms with van der Waals surface area (Å²) >= 11 is 6.11. The van der Waals surface area contributed by atoms with Gasteiger partial charge in [-0.25, -0.2) is 4.98 Å². The van der Waals surface area contributed by atoms with Crippen LogP contribution in [0.15, 0.2) is 24.3 Å². The molecule has 2 N–H and O–H groups in total. The zero-order valence-corrected chi connectivity index (χ0v) is 15.3. The maximum atomic E-state index is 12.7. The van der Waals surface area contributed by atoms with E-state index in [1.54, 1.807) is 31.4 Å². The molecular formula is C18H21ClN4O3. The van der Waals surface area contributed by atoms with Crippen molar-refractivity contribution >= 4 is 29.1 Å². The molecule has 138 valence electrons. The molecule has 0 saturated carbocycles. The molecule has 0 radical (unpaired) electrons. The lowest BCUT2D eigenvalue weighted by atomic mass is 10.1. The molecule has 1 aliphatic heterocycles. The summed E-state index contributed by atoms with van der Waals surface area (Å²) in [6.45, 7) is 1.48. The molecule has 0 saturated heterocycles. The lowest BCUT2D eigenvalue weighted by Crippen LogP contribution is -2.28. The minimum atomic E-state index is -0.378. The van der Waals surface area contributed by atoms with Crippen LogP contribution in [0.25, 0.3) is 0 Å². The summed E-state index contributed by atoms with van der Waals surface area (Å²) in [5.74, 6) is -0.432. The Morgan fingerprint density at radius 2 is 2.08 bits per heavy atom. The summed E-state index contributed by atoms with van der Waals surface area (Å²) in [4.78, 5) is 29.5. The monoisotopic (exact) mass is 376 g/mol. The highest BCUT2D eigenvalue weighted by atomic mass is 35.5. The van der Waals surface area contributed by atoms with Crippen molar-refractivity contribution in [3.63, 3.8) is 0 Å². The third-order valence-electron chi connectivity index (χ3n) is 4.25. The first-order chi connectivity index (χ1) is 12.6. The minimum Gasteiger partial charge on any atom is -0.383 e. The highest BCUT2D eigenvalue weighted by Crippen LogP contribution is 2.24. The maximum absolute atomic E-state index is 12.7. The van der Waals surface area contributed by atoms with E-state index in [0.717, 1.165) is 25.0 Å². The molecule has 8 heteroatoms. The number of nitrogens with zero attached hydrogens (tertiary/aromatic N) is 2. The van der Waals surface area contributed by atoms with Crippen LogP contribution in [0.4, 0.5) is 5.69 Å². The molecule has 1 aliphatic rings. The van der Waals surface area contributed by atoms with Gasteiger partial charge < -0.3 is 19.9 Å². The van der Waals surface area contributed by atoms with E-state index in [-0.39, 0.29) is 17.6 Å². The number of imidazole rings is 1. The molecule has 2 amide bonds. The normalized spacial score (nSPS) is 13.2. The third-order valence-corrected chi connectivity index (χ3v) is 4.58. The molecule has 2 heterocycles. The number of anilines is 1. The van der Waals surface area contributed by atoms with Gasteiger partial charge in [-0.15, -0.1) is 0 Å². The van der Waals surface area contributed by atoms with Crippen LogP contribution in [0.3, 0.4) is 0 Å². The summed E-state index contributed by atoms with van der Waals surface area (Å²) in [6.07, 6.45) is 2.63. The molecule has 7 nitrogen and oxygen atoms in total. The Morgan fingerprint density at radius 1 is 1.27 bits per heavy atom. The van der Waals surface area contributed by atoms with Crippen LogP contribution < -0.4 is 10.6 Å². The predicted molar refractivity (Wildman–Crippen MR) is 98.8 cm³/mol. The third kappa shape index (κ3) is 3.89. The van der Waals surface area contributed by atoms with Crippen LogP contribution in [0, 0.1) is 0 Å². The van der Waals surface area contributed by atoms with Crippen molar-refractivity contribution in [2.24, 2.45) is 0 Å². The number of hydrogen-bond donors (Lipinski definition) is 2. The SMILES string of the molecule is COCCNC(=O)c1nc(C(=O)Nc2ccccc2Cl)n2c1CCCC2. The highest BCUT2D eigenvalue weighted by Gasteiger charge is 2.27. The smallest absolute Gasteiger partial charge is 0.291 e. The number of amides is 2. The summed E-state index contributed by atoms with van der Waals surface area (Å²) in [7, 11) is 1.57. The van der Waals surface area contributed by atoms with E-state index in [1.807, 2.05) is 4.57 Å². The van der Waals surface area contributed by atoms with Gasteiger partial charge in [0.1, 0.15) is 5.69 Å². The number of carbonyl (C=O) groups is 2. The number of methoxy groups -OCH3 is 1. The Labute approximate surface area is 156 Å². The van der Waals surface area contributed by atoms with Gasteiger partial charge in [0, 0.05) is 20.2 Å². The van der Waals surface area contributed by atoms with E-state index in [4.69, 9.17) is 16.3 Å². The molecule has 0 spiro atoms. The molecule has 0 unspecified atom stereocenters. The topological polar surface area (TPSA) is 85.2 Å². The number of benzene rings is 1. The lowest BCUT2D eigenvalue weighted by molar-refractivity contribution is 0.0931. The lowest BCUT2D eigenvalue weighted by Gasteiger charge is -2.17. The van der Waals surface area contributed by atoms with Gasteiger partial charge >= 0.3 is 0 Å². The molecule has 2 aromatic rings. The number of nitrogens with one attached hydrogen (secondary N) is 2. The zero-order chi connectivity index (χ0) is 18.5.